The van der Waals surface area contributed by atoms with Crippen molar-refractivity contribution in [1.29, 1.82) is 0 Å². The van der Waals surface area contributed by atoms with E-state index < -0.39 is 0 Å². The molecule has 2 aromatic rings. The minimum atomic E-state index is -0.321. The molecule has 1 aliphatic heterocycles. The summed E-state index contributed by atoms with van der Waals surface area (Å²) in [5.41, 5.74) is 1.01. The van der Waals surface area contributed by atoms with E-state index >= 15 is 0 Å². The van der Waals surface area contributed by atoms with Gasteiger partial charge in [0.15, 0.2) is 0 Å². The quantitative estimate of drug-likeness (QED) is 0.897. The molecule has 0 unspecified atom stereocenters. The second-order valence-corrected chi connectivity index (χ2v) is 6.24. The molecule has 1 aromatic heterocycles. The number of aryl methyl sites for hydroxylation is 1. The Kier molecular flexibility index (Phi) is 4.97. The summed E-state index contributed by atoms with van der Waals surface area (Å²) in [6, 6.07) is 12.2. The van der Waals surface area contributed by atoms with Gasteiger partial charge >= 0.3 is 0 Å². The fraction of sp³-hybridized carbons (Fsp3) is 0.316. The van der Waals surface area contributed by atoms with Crippen molar-refractivity contribution >= 4 is 11.8 Å². The summed E-state index contributed by atoms with van der Waals surface area (Å²) in [5, 5.41) is 2.96. The second-order valence-electron chi connectivity index (χ2n) is 6.24. The van der Waals surface area contributed by atoms with Gasteiger partial charge in [-0.25, -0.2) is 0 Å². The molecule has 0 radical (unpaired) electrons. The van der Waals surface area contributed by atoms with Gasteiger partial charge in [0, 0.05) is 44.4 Å². The number of benzene rings is 1. The third-order valence-electron chi connectivity index (χ3n) is 4.45. The number of aromatic nitrogens is 1. The van der Waals surface area contributed by atoms with Crippen LogP contribution < -0.4 is 10.9 Å². The number of hydrogen-bond donors (Lipinski definition) is 1. The number of carbonyl (C=O) groups excluding carboxylic acids is 2. The minimum Gasteiger partial charge on any atom is -0.343 e. The third kappa shape index (κ3) is 3.96. The van der Waals surface area contributed by atoms with E-state index in [0.29, 0.717) is 25.1 Å². The summed E-state index contributed by atoms with van der Waals surface area (Å²) >= 11 is 0. The standard InChI is InChI=1S/C19H21N3O3/c1-21-11-9-15(12-18(21)24)19(25)20-16(14-6-3-2-4-7-14)13-22-10-5-8-17(22)23/h2-4,6-7,9,11-12,16H,5,8,10,13H2,1H3,(H,20,25)/t16-/m0/s1. The zero-order chi connectivity index (χ0) is 17.8. The molecular weight excluding hydrogens is 318 g/mol. The molecule has 6 heteroatoms. The fourth-order valence-electron chi connectivity index (χ4n) is 2.97. The number of carbonyl (C=O) groups is 2. The topological polar surface area (TPSA) is 71.4 Å². The highest BCUT2D eigenvalue weighted by atomic mass is 16.2. The molecule has 3 rings (SSSR count). The van der Waals surface area contributed by atoms with Crippen LogP contribution in [0.5, 0.6) is 0 Å². The fourth-order valence-corrected chi connectivity index (χ4v) is 2.97. The zero-order valence-electron chi connectivity index (χ0n) is 14.1. The van der Waals surface area contributed by atoms with Crippen molar-refractivity contribution in [2.24, 2.45) is 7.05 Å². The van der Waals surface area contributed by atoms with E-state index in [1.807, 2.05) is 30.3 Å². The lowest BCUT2D eigenvalue weighted by Gasteiger charge is -2.25. The maximum atomic E-state index is 12.6. The van der Waals surface area contributed by atoms with Crippen LogP contribution in [-0.4, -0.2) is 34.4 Å². The molecule has 2 heterocycles. The average Bonchev–Trinajstić information content (AvgIpc) is 3.02. The Hall–Kier alpha value is -2.89. The van der Waals surface area contributed by atoms with Crippen LogP contribution in [0.4, 0.5) is 0 Å². The van der Waals surface area contributed by atoms with Gasteiger partial charge in [-0.15, -0.1) is 0 Å². The lowest BCUT2D eigenvalue weighted by atomic mass is 10.1. The first-order valence-electron chi connectivity index (χ1n) is 8.35. The third-order valence-corrected chi connectivity index (χ3v) is 4.45. The summed E-state index contributed by atoms with van der Waals surface area (Å²) in [5.74, 6) is -0.207. The summed E-state index contributed by atoms with van der Waals surface area (Å²) in [6.45, 7) is 1.14. The molecular formula is C19H21N3O3. The normalized spacial score (nSPS) is 15.2. The van der Waals surface area contributed by atoms with Gasteiger partial charge in [0.05, 0.1) is 6.04 Å². The molecule has 1 aliphatic rings. The maximum absolute atomic E-state index is 12.6. The number of nitrogens with one attached hydrogen (secondary N) is 1. The van der Waals surface area contributed by atoms with Crippen LogP contribution in [-0.2, 0) is 11.8 Å². The van der Waals surface area contributed by atoms with Crippen molar-refractivity contribution in [3.63, 3.8) is 0 Å². The Balaban J connectivity index is 1.81. The smallest absolute Gasteiger partial charge is 0.252 e. The molecule has 2 amide bonds. The number of nitrogens with zero attached hydrogens (tertiary/aromatic N) is 2. The highest BCUT2D eigenvalue weighted by molar-refractivity contribution is 5.94. The van der Waals surface area contributed by atoms with Crippen molar-refractivity contribution in [2.45, 2.75) is 18.9 Å². The molecule has 25 heavy (non-hydrogen) atoms. The molecule has 130 valence electrons. The van der Waals surface area contributed by atoms with Crippen LogP contribution in [0.3, 0.4) is 0 Å². The van der Waals surface area contributed by atoms with Crippen LogP contribution in [0, 0.1) is 0 Å². The first kappa shape index (κ1) is 17.0. The molecule has 0 aliphatic carbocycles. The van der Waals surface area contributed by atoms with Gasteiger partial charge in [0.25, 0.3) is 11.5 Å². The number of hydrogen-bond acceptors (Lipinski definition) is 3. The Morgan fingerprint density at radius 2 is 1.96 bits per heavy atom. The lowest BCUT2D eigenvalue weighted by molar-refractivity contribution is -0.128. The van der Waals surface area contributed by atoms with E-state index in [1.54, 1.807) is 24.2 Å². The van der Waals surface area contributed by atoms with Crippen LogP contribution in [0.15, 0.2) is 53.5 Å². The van der Waals surface area contributed by atoms with E-state index in [2.05, 4.69) is 5.32 Å². The van der Waals surface area contributed by atoms with Gasteiger partial charge in [0.1, 0.15) is 0 Å². The number of rotatable bonds is 5. The highest BCUT2D eigenvalue weighted by Gasteiger charge is 2.25. The van der Waals surface area contributed by atoms with E-state index in [4.69, 9.17) is 0 Å². The molecule has 1 atom stereocenters. The van der Waals surface area contributed by atoms with Crippen LogP contribution in [0.2, 0.25) is 0 Å². The number of likely N-dealkylation sites (tertiary alicyclic amines) is 1. The summed E-state index contributed by atoms with van der Waals surface area (Å²) < 4.78 is 1.41. The zero-order valence-corrected chi connectivity index (χ0v) is 14.1. The summed E-state index contributed by atoms with van der Waals surface area (Å²) in [4.78, 5) is 38.1. The lowest BCUT2D eigenvalue weighted by Crippen LogP contribution is -2.39. The van der Waals surface area contributed by atoms with Gasteiger partial charge in [-0.2, -0.15) is 0 Å². The van der Waals surface area contributed by atoms with Gasteiger partial charge in [-0.05, 0) is 18.1 Å². The Morgan fingerprint density at radius 1 is 1.20 bits per heavy atom. The van der Waals surface area contributed by atoms with Crippen LogP contribution >= 0.6 is 0 Å². The van der Waals surface area contributed by atoms with E-state index in [-0.39, 0.29) is 23.4 Å². The average molecular weight is 339 g/mol. The monoisotopic (exact) mass is 339 g/mol. The van der Waals surface area contributed by atoms with Gasteiger partial charge in [-0.3, -0.25) is 14.4 Å². The predicted molar refractivity (Wildman–Crippen MR) is 94.1 cm³/mol. The number of pyridine rings is 1. The van der Waals surface area contributed by atoms with Crippen molar-refractivity contribution in [3.8, 4) is 0 Å². The molecule has 1 saturated heterocycles. The SMILES string of the molecule is Cn1ccc(C(=O)N[C@@H](CN2CCCC2=O)c2ccccc2)cc1=O. The Bertz CT molecular complexity index is 829. The van der Waals surface area contributed by atoms with E-state index in [9.17, 15) is 14.4 Å². The van der Waals surface area contributed by atoms with Crippen LogP contribution in [0.1, 0.15) is 34.8 Å². The molecule has 1 fully saturated rings. The molecule has 1 N–H and O–H groups in total. The summed E-state index contributed by atoms with van der Waals surface area (Å²) in [7, 11) is 1.63. The number of amides is 2. The van der Waals surface area contributed by atoms with Crippen molar-refractivity contribution in [2.75, 3.05) is 13.1 Å². The van der Waals surface area contributed by atoms with E-state index in [1.165, 1.54) is 10.6 Å². The Morgan fingerprint density at radius 3 is 2.60 bits per heavy atom. The molecule has 0 spiro atoms. The predicted octanol–water partition coefficient (Wildman–Crippen LogP) is 1.48. The minimum absolute atomic E-state index is 0.115. The first-order valence-corrected chi connectivity index (χ1v) is 8.35. The second kappa shape index (κ2) is 7.34. The van der Waals surface area contributed by atoms with Gasteiger partial charge in [0.2, 0.25) is 5.91 Å². The van der Waals surface area contributed by atoms with Gasteiger partial charge < -0.3 is 14.8 Å². The summed E-state index contributed by atoms with van der Waals surface area (Å²) in [6.07, 6.45) is 2.98. The first-order chi connectivity index (χ1) is 12.0. The maximum Gasteiger partial charge on any atom is 0.252 e. The molecule has 1 aromatic carbocycles. The molecule has 6 nitrogen and oxygen atoms in total. The highest BCUT2D eigenvalue weighted by Crippen LogP contribution is 2.19. The molecule has 0 saturated carbocycles. The van der Waals surface area contributed by atoms with Gasteiger partial charge in [-0.1, -0.05) is 30.3 Å². The molecule has 0 bridgehead atoms. The van der Waals surface area contributed by atoms with Crippen molar-refractivity contribution < 1.29 is 9.59 Å². The Labute approximate surface area is 146 Å². The van der Waals surface area contributed by atoms with E-state index in [0.717, 1.165) is 12.0 Å². The van der Waals surface area contributed by atoms with Crippen molar-refractivity contribution in [3.05, 3.63) is 70.1 Å². The van der Waals surface area contributed by atoms with Crippen LogP contribution in [0.25, 0.3) is 0 Å². The van der Waals surface area contributed by atoms with Crippen molar-refractivity contribution in [1.82, 2.24) is 14.8 Å². The largest absolute Gasteiger partial charge is 0.343 e.